The normalized spacial score (nSPS) is 9.62. The quantitative estimate of drug-likeness (QED) is 0.530. The number of hydrogen-bond acceptors (Lipinski definition) is 4. The van der Waals surface area contributed by atoms with E-state index in [1.165, 1.54) is 6.07 Å². The molecule has 0 radical (unpaired) electrons. The third-order valence-electron chi connectivity index (χ3n) is 1.98. The summed E-state index contributed by atoms with van der Waals surface area (Å²) >= 11 is 7.46. The molecule has 0 aliphatic carbocycles. The average molecular weight is 300 g/mol. The predicted molar refractivity (Wildman–Crippen MR) is 67.0 cm³/mol. The van der Waals surface area contributed by atoms with Crippen molar-refractivity contribution in [2.24, 2.45) is 0 Å². The minimum absolute atomic E-state index is 0.311. The average Bonchev–Trinajstić information content (AvgIpc) is 2.28. The van der Waals surface area contributed by atoms with E-state index in [9.17, 15) is 4.79 Å². The molecule has 0 heterocycles. The van der Waals surface area contributed by atoms with Crippen molar-refractivity contribution in [3.8, 4) is 6.07 Å². The SMILES string of the molecule is CCOC(=O)c1cc(C#N)c(S)cc1CBr. The second-order valence-corrected chi connectivity index (χ2v) is 4.03. The Morgan fingerprint density at radius 1 is 1.62 bits per heavy atom. The van der Waals surface area contributed by atoms with Crippen molar-refractivity contribution < 1.29 is 9.53 Å². The van der Waals surface area contributed by atoms with Gasteiger partial charge in [-0.05, 0) is 24.6 Å². The van der Waals surface area contributed by atoms with E-state index >= 15 is 0 Å². The zero-order chi connectivity index (χ0) is 12.1. The number of carbonyl (C=O) groups excluding carboxylic acids is 1. The van der Waals surface area contributed by atoms with E-state index in [1.807, 2.05) is 6.07 Å². The Labute approximate surface area is 108 Å². The summed E-state index contributed by atoms with van der Waals surface area (Å²) in [4.78, 5) is 12.2. The Balaban J connectivity index is 3.26. The van der Waals surface area contributed by atoms with Gasteiger partial charge < -0.3 is 4.74 Å². The van der Waals surface area contributed by atoms with Crippen molar-refractivity contribution in [1.29, 1.82) is 5.26 Å². The Morgan fingerprint density at radius 3 is 2.81 bits per heavy atom. The molecule has 16 heavy (non-hydrogen) atoms. The predicted octanol–water partition coefficient (Wildman–Crippen LogP) is 2.92. The number of hydrogen-bond donors (Lipinski definition) is 1. The van der Waals surface area contributed by atoms with E-state index in [2.05, 4.69) is 28.6 Å². The van der Waals surface area contributed by atoms with E-state index in [1.54, 1.807) is 13.0 Å². The summed E-state index contributed by atoms with van der Waals surface area (Å²) in [5.74, 6) is -0.415. The van der Waals surface area contributed by atoms with Crippen LogP contribution in [-0.4, -0.2) is 12.6 Å². The van der Waals surface area contributed by atoms with Gasteiger partial charge in [-0.15, -0.1) is 12.6 Å². The van der Waals surface area contributed by atoms with Gasteiger partial charge in [0.1, 0.15) is 6.07 Å². The topological polar surface area (TPSA) is 50.1 Å². The third-order valence-corrected chi connectivity index (χ3v) is 2.96. The fourth-order valence-electron chi connectivity index (χ4n) is 1.23. The molecule has 5 heteroatoms. The highest BCUT2D eigenvalue weighted by Gasteiger charge is 2.14. The second-order valence-electron chi connectivity index (χ2n) is 2.99. The van der Waals surface area contributed by atoms with Crippen molar-refractivity contribution in [1.82, 2.24) is 0 Å². The fourth-order valence-corrected chi connectivity index (χ4v) is 1.96. The zero-order valence-electron chi connectivity index (χ0n) is 8.66. The second kappa shape index (κ2) is 5.92. The fraction of sp³-hybridized carbons (Fsp3) is 0.273. The molecule has 0 aliphatic rings. The van der Waals surface area contributed by atoms with Crippen LogP contribution in [0.5, 0.6) is 0 Å². The van der Waals surface area contributed by atoms with Gasteiger partial charge >= 0.3 is 5.97 Å². The van der Waals surface area contributed by atoms with Crippen LogP contribution in [0.25, 0.3) is 0 Å². The van der Waals surface area contributed by atoms with E-state index < -0.39 is 5.97 Å². The first-order valence-corrected chi connectivity index (χ1v) is 6.20. The summed E-state index contributed by atoms with van der Waals surface area (Å²) in [5, 5.41) is 9.37. The smallest absolute Gasteiger partial charge is 0.338 e. The molecule has 0 saturated heterocycles. The first-order valence-electron chi connectivity index (χ1n) is 4.63. The lowest BCUT2D eigenvalue weighted by Crippen LogP contribution is -2.08. The van der Waals surface area contributed by atoms with Gasteiger partial charge in [-0.2, -0.15) is 5.26 Å². The lowest BCUT2D eigenvalue weighted by molar-refractivity contribution is 0.0525. The minimum Gasteiger partial charge on any atom is -0.462 e. The molecule has 0 aliphatic heterocycles. The summed E-state index contributed by atoms with van der Waals surface area (Å²) < 4.78 is 4.92. The van der Waals surface area contributed by atoms with E-state index in [4.69, 9.17) is 10.00 Å². The molecule has 0 amide bonds. The number of nitriles is 1. The molecule has 0 aromatic heterocycles. The molecular weight excluding hydrogens is 290 g/mol. The number of ether oxygens (including phenoxy) is 1. The molecule has 1 rings (SSSR count). The van der Waals surface area contributed by atoms with Gasteiger partial charge in [-0.3, -0.25) is 0 Å². The van der Waals surface area contributed by atoms with E-state index in [0.29, 0.717) is 28.0 Å². The molecule has 1 aromatic rings. The van der Waals surface area contributed by atoms with Crippen molar-refractivity contribution in [2.45, 2.75) is 17.1 Å². The zero-order valence-corrected chi connectivity index (χ0v) is 11.1. The lowest BCUT2D eigenvalue weighted by Gasteiger charge is -2.08. The van der Waals surface area contributed by atoms with E-state index in [0.717, 1.165) is 5.56 Å². The Hall–Kier alpha value is -0.990. The van der Waals surface area contributed by atoms with Crippen LogP contribution in [-0.2, 0) is 10.1 Å². The maximum Gasteiger partial charge on any atom is 0.338 e. The number of halogens is 1. The summed E-state index contributed by atoms with van der Waals surface area (Å²) in [6, 6.07) is 5.19. The highest BCUT2D eigenvalue weighted by Crippen LogP contribution is 2.22. The van der Waals surface area contributed by atoms with Crippen LogP contribution in [0.1, 0.15) is 28.4 Å². The van der Waals surface area contributed by atoms with Crippen molar-refractivity contribution in [3.05, 3.63) is 28.8 Å². The summed E-state index contributed by atoms with van der Waals surface area (Å²) in [7, 11) is 0. The summed E-state index contributed by atoms with van der Waals surface area (Å²) in [6.45, 7) is 2.05. The van der Waals surface area contributed by atoms with Gasteiger partial charge in [0.2, 0.25) is 0 Å². The van der Waals surface area contributed by atoms with Gasteiger partial charge in [-0.1, -0.05) is 15.9 Å². The van der Waals surface area contributed by atoms with Crippen molar-refractivity contribution >= 4 is 34.5 Å². The van der Waals surface area contributed by atoms with Crippen molar-refractivity contribution in [3.63, 3.8) is 0 Å². The van der Waals surface area contributed by atoms with Crippen LogP contribution in [0, 0.1) is 11.3 Å². The van der Waals surface area contributed by atoms with Crippen molar-refractivity contribution in [2.75, 3.05) is 6.61 Å². The molecule has 3 nitrogen and oxygen atoms in total. The lowest BCUT2D eigenvalue weighted by atomic mass is 10.1. The first kappa shape index (κ1) is 13.1. The Kier molecular flexibility index (Phi) is 4.84. The Bertz CT molecular complexity index is 454. The van der Waals surface area contributed by atoms with Crippen LogP contribution < -0.4 is 0 Å². The number of thiol groups is 1. The van der Waals surface area contributed by atoms with Gasteiger partial charge in [0, 0.05) is 10.2 Å². The van der Waals surface area contributed by atoms with Crippen LogP contribution in [0.3, 0.4) is 0 Å². The molecule has 1 aromatic carbocycles. The number of esters is 1. The number of rotatable bonds is 3. The molecule has 0 bridgehead atoms. The number of alkyl halides is 1. The number of benzene rings is 1. The highest BCUT2D eigenvalue weighted by atomic mass is 79.9. The molecule has 0 fully saturated rings. The van der Waals surface area contributed by atoms with Crippen LogP contribution in [0.2, 0.25) is 0 Å². The molecule has 0 N–H and O–H groups in total. The molecule has 84 valence electrons. The Morgan fingerprint density at radius 2 is 2.31 bits per heavy atom. The molecule has 0 unspecified atom stereocenters. The summed E-state index contributed by atoms with van der Waals surface area (Å²) in [5.41, 5.74) is 1.55. The van der Waals surface area contributed by atoms with Gasteiger partial charge in [0.05, 0.1) is 17.7 Å². The third kappa shape index (κ3) is 2.77. The number of carbonyl (C=O) groups is 1. The van der Waals surface area contributed by atoms with E-state index in [-0.39, 0.29) is 0 Å². The highest BCUT2D eigenvalue weighted by molar-refractivity contribution is 9.08. The minimum atomic E-state index is -0.415. The van der Waals surface area contributed by atoms with Crippen LogP contribution >= 0.6 is 28.6 Å². The first-order chi connectivity index (χ1) is 7.63. The molecule has 0 saturated carbocycles. The van der Waals surface area contributed by atoms with Gasteiger partial charge in [-0.25, -0.2) is 4.79 Å². The van der Waals surface area contributed by atoms with Crippen LogP contribution in [0.15, 0.2) is 17.0 Å². The number of nitrogens with zero attached hydrogens (tertiary/aromatic N) is 1. The largest absolute Gasteiger partial charge is 0.462 e. The molecular formula is C11H10BrNO2S. The molecule has 0 atom stereocenters. The maximum absolute atomic E-state index is 11.6. The van der Waals surface area contributed by atoms with Gasteiger partial charge in [0.25, 0.3) is 0 Å². The van der Waals surface area contributed by atoms with Crippen LogP contribution in [0.4, 0.5) is 0 Å². The summed E-state index contributed by atoms with van der Waals surface area (Å²) in [6.07, 6.45) is 0. The standard InChI is InChI=1S/C11H10BrNO2S/c1-2-15-11(14)9-3-8(6-13)10(16)4-7(9)5-12/h3-4,16H,2,5H2,1H3. The molecule has 0 spiro atoms. The van der Waals surface area contributed by atoms with Gasteiger partial charge in [0.15, 0.2) is 0 Å². The monoisotopic (exact) mass is 299 g/mol. The maximum atomic E-state index is 11.6.